The maximum absolute atomic E-state index is 14.0. The summed E-state index contributed by atoms with van der Waals surface area (Å²) in [7, 11) is 1.34. The van der Waals surface area contributed by atoms with Crippen LogP contribution in [0.15, 0.2) is 75.7 Å². The number of methoxy groups -OCH3 is 1. The van der Waals surface area contributed by atoms with Crippen molar-refractivity contribution in [3.8, 4) is 0 Å². The second kappa shape index (κ2) is 10.9. The van der Waals surface area contributed by atoms with Gasteiger partial charge in [-0.25, -0.2) is 9.79 Å². The van der Waals surface area contributed by atoms with Gasteiger partial charge in [-0.1, -0.05) is 66.8 Å². The number of carbonyl (C=O) groups excluding carboxylic acids is 2. The number of esters is 2. The van der Waals surface area contributed by atoms with Gasteiger partial charge in [0.05, 0.1) is 35.6 Å². The third kappa shape index (κ3) is 4.63. The number of carbonyl (C=O) groups is 2. The van der Waals surface area contributed by atoms with Crippen LogP contribution in [0, 0.1) is 6.92 Å². The Morgan fingerprint density at radius 3 is 2.49 bits per heavy atom. The van der Waals surface area contributed by atoms with Crippen molar-refractivity contribution in [1.29, 1.82) is 0 Å². The minimum Gasteiger partial charge on any atom is -0.466 e. The lowest BCUT2D eigenvalue weighted by molar-refractivity contribution is -0.143. The van der Waals surface area contributed by atoms with Gasteiger partial charge < -0.3 is 14.0 Å². The predicted molar refractivity (Wildman–Crippen MR) is 150 cm³/mol. The summed E-state index contributed by atoms with van der Waals surface area (Å²) >= 11 is 1.29. The van der Waals surface area contributed by atoms with Gasteiger partial charge in [-0.2, -0.15) is 0 Å². The number of ether oxygens (including phenoxy) is 2. The Labute approximate surface area is 229 Å². The third-order valence-corrected chi connectivity index (χ3v) is 7.90. The molecule has 0 N–H and O–H groups in total. The highest BCUT2D eigenvalue weighted by Gasteiger charge is 2.33. The van der Waals surface area contributed by atoms with Gasteiger partial charge in [-0.3, -0.25) is 14.2 Å². The van der Waals surface area contributed by atoms with Crippen molar-refractivity contribution in [3.05, 3.63) is 102 Å². The third-order valence-electron chi connectivity index (χ3n) is 6.91. The van der Waals surface area contributed by atoms with Gasteiger partial charge >= 0.3 is 11.9 Å². The van der Waals surface area contributed by atoms with Gasteiger partial charge in [0, 0.05) is 22.2 Å². The second-order valence-corrected chi connectivity index (χ2v) is 10.1. The van der Waals surface area contributed by atoms with Gasteiger partial charge in [0.1, 0.15) is 6.54 Å². The molecule has 0 saturated carbocycles. The van der Waals surface area contributed by atoms with Gasteiger partial charge in [0.25, 0.3) is 5.56 Å². The van der Waals surface area contributed by atoms with Crippen LogP contribution < -0.4 is 14.9 Å². The molecule has 3 heterocycles. The van der Waals surface area contributed by atoms with E-state index in [4.69, 9.17) is 14.5 Å². The minimum atomic E-state index is -0.654. The number of nitrogens with zero attached hydrogens (tertiary/aromatic N) is 3. The molecular formula is C30H29N3O5S. The van der Waals surface area contributed by atoms with Gasteiger partial charge in [-0.05, 0) is 38.0 Å². The molecule has 0 aliphatic carbocycles. The lowest BCUT2D eigenvalue weighted by Gasteiger charge is -2.25. The molecule has 0 amide bonds. The molecule has 39 heavy (non-hydrogen) atoms. The van der Waals surface area contributed by atoms with E-state index in [1.54, 1.807) is 11.5 Å². The van der Waals surface area contributed by atoms with E-state index in [0.717, 1.165) is 27.7 Å². The van der Waals surface area contributed by atoms with Crippen molar-refractivity contribution in [2.75, 3.05) is 13.7 Å². The quantitative estimate of drug-likeness (QED) is 0.332. The van der Waals surface area contributed by atoms with Crippen LogP contribution in [0.25, 0.3) is 17.0 Å². The second-order valence-electron chi connectivity index (χ2n) is 9.11. The predicted octanol–water partition coefficient (Wildman–Crippen LogP) is 3.62. The molecule has 1 aliphatic rings. The lowest BCUT2D eigenvalue weighted by Crippen LogP contribution is -2.40. The molecule has 2 aromatic carbocycles. The fraction of sp³-hybridized carbons (Fsp3) is 0.267. The molecule has 0 radical (unpaired) electrons. The first-order valence-electron chi connectivity index (χ1n) is 12.8. The number of thiazole rings is 1. The molecule has 1 aliphatic heterocycles. The summed E-state index contributed by atoms with van der Waals surface area (Å²) in [6, 6.07) is 16.6. The van der Waals surface area contributed by atoms with Crippen LogP contribution in [-0.4, -0.2) is 34.8 Å². The van der Waals surface area contributed by atoms with E-state index < -0.39 is 12.0 Å². The molecule has 1 atom stereocenters. The maximum atomic E-state index is 14.0. The Morgan fingerprint density at radius 2 is 1.79 bits per heavy atom. The number of hydrogen-bond acceptors (Lipinski definition) is 7. The Morgan fingerprint density at radius 1 is 1.08 bits per heavy atom. The van der Waals surface area contributed by atoms with E-state index in [1.165, 1.54) is 18.4 Å². The molecule has 200 valence electrons. The van der Waals surface area contributed by atoms with Crippen LogP contribution in [0.3, 0.4) is 0 Å². The van der Waals surface area contributed by atoms with E-state index in [0.29, 0.717) is 33.6 Å². The van der Waals surface area contributed by atoms with Gasteiger partial charge in [0.2, 0.25) is 0 Å². The van der Waals surface area contributed by atoms with Gasteiger partial charge in [0.15, 0.2) is 4.80 Å². The van der Waals surface area contributed by atoms with Crippen LogP contribution in [0.1, 0.15) is 43.1 Å². The normalized spacial score (nSPS) is 15.3. The van der Waals surface area contributed by atoms with Crippen LogP contribution in [0.4, 0.5) is 0 Å². The van der Waals surface area contributed by atoms with Crippen LogP contribution in [0.2, 0.25) is 0 Å². The monoisotopic (exact) mass is 543 g/mol. The summed E-state index contributed by atoms with van der Waals surface area (Å²) in [4.78, 5) is 44.6. The summed E-state index contributed by atoms with van der Waals surface area (Å²) in [5, 5.41) is 0.925. The van der Waals surface area contributed by atoms with Crippen LogP contribution in [-0.2, 0) is 25.6 Å². The Bertz CT molecular complexity index is 1790. The van der Waals surface area contributed by atoms with E-state index in [-0.39, 0.29) is 18.1 Å². The van der Waals surface area contributed by atoms with Crippen LogP contribution in [0.5, 0.6) is 0 Å². The van der Waals surface area contributed by atoms with E-state index >= 15 is 0 Å². The van der Waals surface area contributed by atoms with Crippen molar-refractivity contribution in [2.24, 2.45) is 4.99 Å². The molecule has 5 rings (SSSR count). The topological polar surface area (TPSA) is 91.9 Å². The average molecular weight is 544 g/mol. The summed E-state index contributed by atoms with van der Waals surface area (Å²) in [6.45, 7) is 6.02. The molecular weight excluding hydrogens is 514 g/mol. The number of benzene rings is 2. The van der Waals surface area contributed by atoms with E-state index in [9.17, 15) is 14.4 Å². The fourth-order valence-corrected chi connectivity index (χ4v) is 6.13. The van der Waals surface area contributed by atoms with Crippen LogP contribution >= 0.6 is 11.3 Å². The first-order valence-corrected chi connectivity index (χ1v) is 13.6. The molecule has 0 fully saturated rings. The number of rotatable bonds is 7. The number of fused-ring (bicyclic) bond motifs is 2. The number of hydrogen-bond donors (Lipinski definition) is 0. The maximum Gasteiger partial charge on any atom is 0.338 e. The zero-order valence-corrected chi connectivity index (χ0v) is 23.1. The first-order chi connectivity index (χ1) is 18.9. The Kier molecular flexibility index (Phi) is 7.34. The lowest BCUT2D eigenvalue weighted by atomic mass is 9.95. The van der Waals surface area contributed by atoms with E-state index in [1.807, 2.05) is 79.1 Å². The SMILES string of the molecule is CCOC(=O)Cn1c(C)c(/C=c2/sc3n(c2=O)[C@H](c2ccccc2)C(C(=O)OC)=C(CC)N=3)c2ccccc21. The summed E-state index contributed by atoms with van der Waals surface area (Å²) < 4.78 is 14.3. The summed E-state index contributed by atoms with van der Waals surface area (Å²) in [6.07, 6.45) is 2.37. The standard InChI is InChI=1S/C30H29N3O5S/c1-5-22-26(29(36)37-4)27(19-12-8-7-9-13-19)33-28(35)24(39-30(33)31-22)16-21-18(3)32(17-25(34)38-6-2)23-15-11-10-14-20(21)23/h7-16,27H,5-6,17H2,1-4H3/b24-16+/t27-/m1/s1. The molecule has 9 heteroatoms. The highest BCUT2D eigenvalue weighted by Crippen LogP contribution is 2.32. The number of allylic oxidation sites excluding steroid dienone is 1. The minimum absolute atomic E-state index is 0.0750. The Hall–Kier alpha value is -4.24. The summed E-state index contributed by atoms with van der Waals surface area (Å²) in [5.74, 6) is -0.825. The fourth-order valence-electron chi connectivity index (χ4n) is 5.13. The molecule has 0 spiro atoms. The number of aromatic nitrogens is 2. The van der Waals surface area contributed by atoms with Crippen molar-refractivity contribution >= 4 is 40.3 Å². The van der Waals surface area contributed by atoms with Crippen molar-refractivity contribution in [3.63, 3.8) is 0 Å². The average Bonchev–Trinajstić information content (AvgIpc) is 3.40. The van der Waals surface area contributed by atoms with Crippen molar-refractivity contribution in [2.45, 2.75) is 39.8 Å². The highest BCUT2D eigenvalue weighted by molar-refractivity contribution is 7.07. The largest absolute Gasteiger partial charge is 0.466 e. The molecule has 0 saturated heterocycles. The number of para-hydroxylation sites is 1. The van der Waals surface area contributed by atoms with Crippen molar-refractivity contribution < 1.29 is 19.1 Å². The highest BCUT2D eigenvalue weighted by atomic mass is 32.1. The first kappa shape index (κ1) is 26.4. The molecule has 0 unspecified atom stereocenters. The smallest absolute Gasteiger partial charge is 0.338 e. The van der Waals surface area contributed by atoms with E-state index in [2.05, 4.69) is 0 Å². The summed E-state index contributed by atoms with van der Waals surface area (Å²) in [5.41, 5.74) is 4.10. The van der Waals surface area contributed by atoms with Crippen molar-refractivity contribution in [1.82, 2.24) is 9.13 Å². The molecule has 0 bridgehead atoms. The molecule has 2 aromatic heterocycles. The molecule has 8 nitrogen and oxygen atoms in total. The zero-order chi connectivity index (χ0) is 27.7. The Balaban J connectivity index is 1.75. The molecule has 4 aromatic rings. The zero-order valence-electron chi connectivity index (χ0n) is 22.3. The van der Waals surface area contributed by atoms with Gasteiger partial charge in [-0.15, -0.1) is 0 Å².